The molecule has 4 N–H and O–H groups in total. The molecule has 3 aliphatic rings. The second kappa shape index (κ2) is 14.1. The van der Waals surface area contributed by atoms with Crippen LogP contribution in [0.3, 0.4) is 0 Å². The van der Waals surface area contributed by atoms with E-state index < -0.39 is 36.0 Å². The maximum Gasteiger partial charge on any atom is 0.386 e. The van der Waals surface area contributed by atoms with Gasteiger partial charge < -0.3 is 20.9 Å². The predicted octanol–water partition coefficient (Wildman–Crippen LogP) is 5.85. The van der Waals surface area contributed by atoms with Crippen LogP contribution in [-0.4, -0.2) is 36.0 Å². The first-order valence-corrected chi connectivity index (χ1v) is 15.6. The summed E-state index contributed by atoms with van der Waals surface area (Å²) in [5.74, 6) is -2.06. The smallest absolute Gasteiger partial charge is 0.386 e. The third-order valence-corrected chi connectivity index (χ3v) is 7.88. The van der Waals surface area contributed by atoms with Gasteiger partial charge in [-0.1, -0.05) is 64.1 Å². The van der Waals surface area contributed by atoms with Crippen molar-refractivity contribution >= 4 is 23.9 Å². The highest BCUT2D eigenvalue weighted by Crippen LogP contribution is 2.45. The van der Waals surface area contributed by atoms with Gasteiger partial charge in [0, 0.05) is 17.5 Å². The molecule has 2 aromatic rings. The lowest BCUT2D eigenvalue weighted by Crippen LogP contribution is -2.35. The number of esters is 2. The van der Waals surface area contributed by atoms with Crippen LogP contribution in [0.4, 0.5) is 0 Å². The lowest BCUT2D eigenvalue weighted by Gasteiger charge is -2.16. The maximum absolute atomic E-state index is 13.4. The zero-order chi connectivity index (χ0) is 33.8. The number of hydrogen-bond donors (Lipinski definition) is 2. The van der Waals surface area contributed by atoms with Crippen LogP contribution in [0.15, 0.2) is 72.8 Å². The lowest BCUT2D eigenvalue weighted by molar-refractivity contribution is -0.187. The number of benzene rings is 2. The van der Waals surface area contributed by atoms with Crippen LogP contribution >= 0.6 is 0 Å². The van der Waals surface area contributed by atoms with Gasteiger partial charge in [0.1, 0.15) is 23.6 Å². The Labute approximate surface area is 273 Å². The van der Waals surface area contributed by atoms with Crippen LogP contribution in [-0.2, 0) is 25.8 Å². The van der Waals surface area contributed by atoms with Crippen molar-refractivity contribution in [3.63, 3.8) is 0 Å². The van der Waals surface area contributed by atoms with Crippen molar-refractivity contribution < 1.29 is 38.4 Å². The predicted molar refractivity (Wildman–Crippen MR) is 175 cm³/mol. The Hall–Kier alpha value is -5.06. The van der Waals surface area contributed by atoms with Gasteiger partial charge in [-0.2, -0.15) is 0 Å². The van der Waals surface area contributed by atoms with Crippen molar-refractivity contribution in [3.8, 4) is 33.8 Å². The van der Waals surface area contributed by atoms with Gasteiger partial charge in [-0.05, 0) is 83.3 Å². The zero-order valence-electron chi connectivity index (χ0n) is 26.8. The van der Waals surface area contributed by atoms with E-state index in [1.54, 1.807) is 0 Å². The minimum atomic E-state index is -0.931. The summed E-state index contributed by atoms with van der Waals surface area (Å²) < 4.78 is 11.1. The Bertz CT molecular complexity index is 1780. The molecule has 3 aliphatic carbocycles. The van der Waals surface area contributed by atoms with Crippen LogP contribution in [0.5, 0.6) is 11.5 Å². The van der Waals surface area contributed by atoms with Crippen molar-refractivity contribution in [1.82, 2.24) is 0 Å². The molecule has 0 heterocycles. The molecule has 0 radical (unpaired) electrons. The molecule has 10 nitrogen and oxygen atoms in total. The molecule has 0 unspecified atom stereocenters. The van der Waals surface area contributed by atoms with Crippen molar-refractivity contribution in [2.24, 2.45) is 23.3 Å². The molecular formula is C37H38N2O8. The van der Waals surface area contributed by atoms with Crippen LogP contribution in [0, 0.1) is 11.8 Å². The molecule has 0 spiro atoms. The van der Waals surface area contributed by atoms with Gasteiger partial charge in [0.25, 0.3) is 0 Å². The van der Waals surface area contributed by atoms with E-state index in [-0.39, 0.29) is 28.7 Å². The van der Waals surface area contributed by atoms with Crippen molar-refractivity contribution in [1.29, 1.82) is 0 Å². The second-order valence-electron chi connectivity index (χ2n) is 12.6. The molecule has 5 rings (SSSR count). The average Bonchev–Trinajstić information content (AvgIpc) is 3.58. The van der Waals surface area contributed by atoms with Crippen LogP contribution in [0.1, 0.15) is 72.4 Å². The number of hydrogen-bond acceptors (Lipinski definition) is 10. The van der Waals surface area contributed by atoms with Gasteiger partial charge in [0.05, 0.1) is 11.1 Å². The summed E-state index contributed by atoms with van der Waals surface area (Å²) in [6.07, 6.45) is 1.32. The number of carbonyl (C=O) groups is 4. The SMILES string of the molecule is CC(C)C[C@H](N)C(=O)Oc1ccc(C(=O)OOC(=O)c2ccc(OC(=O)[C@@H](N)CC(C)C)c3c2-c2ccc4cccc-4cc2C3)cc1. The van der Waals surface area contributed by atoms with E-state index in [2.05, 4.69) is 0 Å². The van der Waals surface area contributed by atoms with Crippen LogP contribution in [0.25, 0.3) is 22.3 Å². The van der Waals surface area contributed by atoms with Gasteiger partial charge in [-0.25, -0.2) is 29.0 Å². The van der Waals surface area contributed by atoms with E-state index in [4.69, 9.17) is 30.7 Å². The first-order chi connectivity index (χ1) is 22.4. The van der Waals surface area contributed by atoms with Crippen LogP contribution < -0.4 is 20.9 Å². The molecule has 2 aromatic carbocycles. The number of nitrogens with two attached hydrogens (primary N) is 2. The molecule has 0 aliphatic heterocycles. The normalized spacial score (nSPS) is 13.1. The largest absolute Gasteiger partial charge is 0.425 e. The minimum Gasteiger partial charge on any atom is -0.425 e. The van der Waals surface area contributed by atoms with E-state index >= 15 is 0 Å². The third kappa shape index (κ3) is 7.67. The average molecular weight is 639 g/mol. The molecule has 0 fully saturated rings. The summed E-state index contributed by atoms with van der Waals surface area (Å²) in [5, 5.41) is 0. The topological polar surface area (TPSA) is 157 Å². The molecule has 244 valence electrons. The first-order valence-electron chi connectivity index (χ1n) is 15.6. The Morgan fingerprint density at radius 1 is 0.702 bits per heavy atom. The van der Waals surface area contributed by atoms with E-state index in [1.165, 1.54) is 36.4 Å². The minimum absolute atomic E-state index is 0.0606. The molecule has 10 heteroatoms. The molecule has 2 atom stereocenters. The lowest BCUT2D eigenvalue weighted by atomic mass is 9.99. The van der Waals surface area contributed by atoms with Gasteiger partial charge in [-0.3, -0.25) is 0 Å². The highest BCUT2D eigenvalue weighted by molar-refractivity contribution is 6.02. The van der Waals surface area contributed by atoms with E-state index in [0.29, 0.717) is 36.1 Å². The quantitative estimate of drug-likeness (QED) is 0.0823. The summed E-state index contributed by atoms with van der Waals surface area (Å²) in [6, 6.07) is 18.9. The van der Waals surface area contributed by atoms with Crippen LogP contribution in [0.2, 0.25) is 0 Å². The standard InChI is InChI=1S/C37H38N2O8/c1-20(2)16-30(38)36(42)44-26-11-8-23(9-12-26)34(40)46-47-35(41)28-14-15-32(45-37(43)31(39)17-21(3)4)29-19-25-18-24-7-5-6-22(24)10-13-27(25)33(28)29/h5-15,18,20-21,30-31H,16-17,19,38-39H2,1-4H3/t30-,31-/m0/s1. The summed E-state index contributed by atoms with van der Waals surface area (Å²) in [7, 11) is 0. The fourth-order valence-electron chi connectivity index (χ4n) is 5.65. The molecule has 0 saturated carbocycles. The Morgan fingerprint density at radius 2 is 1.32 bits per heavy atom. The van der Waals surface area contributed by atoms with Crippen molar-refractivity contribution in [2.45, 2.75) is 59.0 Å². The molecule has 0 saturated heterocycles. The summed E-state index contributed by atoms with van der Waals surface area (Å²) in [6.45, 7) is 7.84. The highest BCUT2D eigenvalue weighted by atomic mass is 17.2. The number of fused-ring (bicyclic) bond motifs is 4. The second-order valence-corrected chi connectivity index (χ2v) is 12.6. The van der Waals surface area contributed by atoms with Crippen molar-refractivity contribution in [3.05, 3.63) is 95.1 Å². The Kier molecular flexibility index (Phi) is 10.0. The Morgan fingerprint density at radius 3 is 1.98 bits per heavy atom. The highest BCUT2D eigenvalue weighted by Gasteiger charge is 2.31. The van der Waals surface area contributed by atoms with Crippen molar-refractivity contribution in [2.75, 3.05) is 0 Å². The molecule has 47 heavy (non-hydrogen) atoms. The van der Waals surface area contributed by atoms with Gasteiger partial charge >= 0.3 is 23.9 Å². The number of rotatable bonds is 10. The fourth-order valence-corrected chi connectivity index (χ4v) is 5.65. The third-order valence-electron chi connectivity index (χ3n) is 7.88. The van der Waals surface area contributed by atoms with Gasteiger partial charge in [0.15, 0.2) is 0 Å². The summed E-state index contributed by atoms with van der Waals surface area (Å²) >= 11 is 0. The van der Waals surface area contributed by atoms with Gasteiger partial charge in [0.2, 0.25) is 0 Å². The molecule has 0 amide bonds. The maximum atomic E-state index is 13.4. The van der Waals surface area contributed by atoms with Gasteiger partial charge in [-0.15, -0.1) is 0 Å². The number of carbonyl (C=O) groups excluding carboxylic acids is 4. The zero-order valence-corrected chi connectivity index (χ0v) is 26.8. The molecule has 0 bridgehead atoms. The summed E-state index contributed by atoms with van der Waals surface area (Å²) in [5.41, 5.74) is 17.0. The molecule has 0 aromatic heterocycles. The van der Waals surface area contributed by atoms with E-state index in [0.717, 1.165) is 22.3 Å². The summed E-state index contributed by atoms with van der Waals surface area (Å²) in [4.78, 5) is 61.1. The van der Waals surface area contributed by atoms with E-state index in [9.17, 15) is 19.2 Å². The monoisotopic (exact) mass is 638 g/mol. The number of ether oxygens (including phenoxy) is 2. The first kappa shape index (κ1) is 33.3. The molecular weight excluding hydrogens is 600 g/mol. The fraction of sp³-hybridized carbons (Fsp3) is 0.297. The van der Waals surface area contributed by atoms with E-state index in [1.807, 2.05) is 64.1 Å². The Balaban J connectivity index is 1.35.